The molecule has 0 radical (unpaired) electrons. The normalized spacial score (nSPS) is 28.5. The minimum atomic E-state index is -0.685. The molecular weight excluding hydrogens is 347 g/mol. The highest BCUT2D eigenvalue weighted by Gasteiger charge is 2.34. The van der Waals surface area contributed by atoms with Crippen LogP contribution >= 0.6 is 0 Å². The van der Waals surface area contributed by atoms with E-state index in [1.807, 2.05) is 12.2 Å². The standard InChI is InChI=1S/C22H27FO4/c1-13-8-14(4-7-20(13)23)18-10-16(25)12-22(2,3)19(18)6-5-17-9-15(24)11-21(26)27-17/h4-8,15-17,24-25H,9-12H2,1-3H3/b6-5+/t15-,16+,17-/m1/s1. The van der Waals surface area contributed by atoms with E-state index >= 15 is 0 Å². The van der Waals surface area contributed by atoms with Crippen LogP contribution in [0, 0.1) is 18.2 Å². The summed E-state index contributed by atoms with van der Waals surface area (Å²) in [6.07, 6.45) is 3.65. The summed E-state index contributed by atoms with van der Waals surface area (Å²) in [6, 6.07) is 4.99. The van der Waals surface area contributed by atoms with Crippen molar-refractivity contribution in [3.63, 3.8) is 0 Å². The molecule has 1 heterocycles. The molecule has 2 N–H and O–H groups in total. The molecule has 5 heteroatoms. The van der Waals surface area contributed by atoms with E-state index in [9.17, 15) is 19.4 Å². The van der Waals surface area contributed by atoms with Gasteiger partial charge in [-0.15, -0.1) is 0 Å². The maximum atomic E-state index is 13.7. The third kappa shape index (κ3) is 4.47. The summed E-state index contributed by atoms with van der Waals surface area (Å²) in [5, 5.41) is 20.2. The fourth-order valence-electron chi connectivity index (χ4n) is 4.09. The molecule has 1 aromatic carbocycles. The first-order valence-electron chi connectivity index (χ1n) is 9.39. The van der Waals surface area contributed by atoms with E-state index in [1.165, 1.54) is 6.07 Å². The molecule has 0 unspecified atom stereocenters. The van der Waals surface area contributed by atoms with Crippen molar-refractivity contribution in [1.82, 2.24) is 0 Å². The van der Waals surface area contributed by atoms with Crippen molar-refractivity contribution in [3.05, 3.63) is 52.9 Å². The van der Waals surface area contributed by atoms with E-state index in [-0.39, 0.29) is 17.7 Å². The molecule has 1 saturated heterocycles. The van der Waals surface area contributed by atoms with E-state index < -0.39 is 24.3 Å². The Morgan fingerprint density at radius 1 is 1.22 bits per heavy atom. The number of halogens is 1. The van der Waals surface area contributed by atoms with E-state index in [4.69, 9.17) is 4.74 Å². The predicted molar refractivity (Wildman–Crippen MR) is 101 cm³/mol. The van der Waals surface area contributed by atoms with Gasteiger partial charge >= 0.3 is 5.97 Å². The molecule has 1 aliphatic heterocycles. The van der Waals surface area contributed by atoms with Crippen LogP contribution in [0.4, 0.5) is 4.39 Å². The SMILES string of the molecule is Cc1cc(C2=C(/C=C/[C@@H]3C[C@@H](O)CC(=O)O3)C(C)(C)C[C@@H](O)C2)ccc1F. The molecule has 0 bridgehead atoms. The number of allylic oxidation sites excluding steroid dienone is 2. The fraction of sp³-hybridized carbons (Fsp3) is 0.500. The van der Waals surface area contributed by atoms with Gasteiger partial charge in [-0.05, 0) is 65.7 Å². The average Bonchev–Trinajstić information content (AvgIpc) is 2.54. The lowest BCUT2D eigenvalue weighted by Crippen LogP contribution is -2.32. The zero-order valence-corrected chi connectivity index (χ0v) is 16.0. The second kappa shape index (κ2) is 7.56. The van der Waals surface area contributed by atoms with Crippen LogP contribution in [0.2, 0.25) is 0 Å². The lowest BCUT2D eigenvalue weighted by Gasteiger charge is -2.37. The van der Waals surface area contributed by atoms with E-state index in [2.05, 4.69) is 13.8 Å². The van der Waals surface area contributed by atoms with Gasteiger partial charge in [-0.1, -0.05) is 26.0 Å². The number of hydrogen-bond acceptors (Lipinski definition) is 4. The highest BCUT2D eigenvalue weighted by molar-refractivity contribution is 5.74. The van der Waals surface area contributed by atoms with Gasteiger partial charge < -0.3 is 14.9 Å². The summed E-state index contributed by atoms with van der Waals surface area (Å²) >= 11 is 0. The van der Waals surface area contributed by atoms with Crippen molar-refractivity contribution in [2.75, 3.05) is 0 Å². The Hall–Kier alpha value is -1.98. The lowest BCUT2D eigenvalue weighted by molar-refractivity contribution is -0.156. The van der Waals surface area contributed by atoms with Crippen molar-refractivity contribution in [2.24, 2.45) is 5.41 Å². The molecule has 2 aliphatic rings. The number of hydrogen-bond donors (Lipinski definition) is 2. The molecule has 3 rings (SSSR count). The van der Waals surface area contributed by atoms with Gasteiger partial charge in [0.15, 0.2) is 0 Å². The number of ether oxygens (including phenoxy) is 1. The largest absolute Gasteiger partial charge is 0.458 e. The number of carbonyl (C=O) groups excluding carboxylic acids is 1. The molecule has 3 atom stereocenters. The quantitative estimate of drug-likeness (QED) is 0.792. The molecule has 0 spiro atoms. The second-order valence-corrected chi connectivity index (χ2v) is 8.28. The molecule has 1 aliphatic carbocycles. The lowest BCUT2D eigenvalue weighted by atomic mass is 9.69. The highest BCUT2D eigenvalue weighted by Crippen LogP contribution is 2.45. The van der Waals surface area contributed by atoms with Crippen LogP contribution in [0.15, 0.2) is 35.9 Å². The van der Waals surface area contributed by atoms with Crippen LogP contribution in [0.3, 0.4) is 0 Å². The van der Waals surface area contributed by atoms with E-state index in [0.717, 1.165) is 16.7 Å². The zero-order valence-electron chi connectivity index (χ0n) is 16.0. The monoisotopic (exact) mass is 374 g/mol. The Balaban J connectivity index is 2.00. The average molecular weight is 374 g/mol. The van der Waals surface area contributed by atoms with Crippen molar-refractivity contribution >= 4 is 11.5 Å². The Morgan fingerprint density at radius 2 is 1.96 bits per heavy atom. The van der Waals surface area contributed by atoms with Gasteiger partial charge in [0, 0.05) is 6.42 Å². The summed E-state index contributed by atoms with van der Waals surface area (Å²) in [7, 11) is 0. The van der Waals surface area contributed by atoms with Crippen LogP contribution < -0.4 is 0 Å². The van der Waals surface area contributed by atoms with Crippen LogP contribution in [-0.4, -0.2) is 34.5 Å². The number of rotatable bonds is 3. The van der Waals surface area contributed by atoms with Gasteiger partial charge in [0.25, 0.3) is 0 Å². The summed E-state index contributed by atoms with van der Waals surface area (Å²) in [4.78, 5) is 11.6. The third-order valence-corrected chi connectivity index (χ3v) is 5.41. The summed E-state index contributed by atoms with van der Waals surface area (Å²) in [6.45, 7) is 5.85. The topological polar surface area (TPSA) is 66.8 Å². The Kier molecular flexibility index (Phi) is 5.54. The van der Waals surface area contributed by atoms with Gasteiger partial charge in [-0.25, -0.2) is 4.39 Å². The maximum Gasteiger partial charge on any atom is 0.309 e. The Bertz CT molecular complexity index is 794. The predicted octanol–water partition coefficient (Wildman–Crippen LogP) is 3.69. The van der Waals surface area contributed by atoms with Crippen molar-refractivity contribution in [1.29, 1.82) is 0 Å². The molecule has 0 amide bonds. The number of aliphatic hydroxyl groups is 2. The van der Waals surface area contributed by atoms with Crippen LogP contribution in [0.1, 0.15) is 50.7 Å². The second-order valence-electron chi connectivity index (χ2n) is 8.28. The number of aryl methyl sites for hydroxylation is 1. The Labute approximate surface area is 159 Å². The van der Waals surface area contributed by atoms with E-state index in [0.29, 0.717) is 24.8 Å². The van der Waals surface area contributed by atoms with Gasteiger partial charge in [0.05, 0.1) is 18.6 Å². The van der Waals surface area contributed by atoms with Gasteiger partial charge in [-0.3, -0.25) is 4.79 Å². The van der Waals surface area contributed by atoms with Crippen LogP contribution in [-0.2, 0) is 9.53 Å². The number of esters is 1. The van der Waals surface area contributed by atoms with Crippen molar-refractivity contribution in [2.45, 2.75) is 64.8 Å². The van der Waals surface area contributed by atoms with Crippen LogP contribution in [0.5, 0.6) is 0 Å². The maximum absolute atomic E-state index is 13.7. The summed E-state index contributed by atoms with van der Waals surface area (Å²) < 4.78 is 19.0. The molecule has 146 valence electrons. The molecular formula is C22H27FO4. The number of carbonyl (C=O) groups is 1. The summed E-state index contributed by atoms with van der Waals surface area (Å²) in [5.41, 5.74) is 3.17. The zero-order chi connectivity index (χ0) is 19.8. The highest BCUT2D eigenvalue weighted by atomic mass is 19.1. The van der Waals surface area contributed by atoms with Gasteiger partial charge in [0.2, 0.25) is 0 Å². The number of cyclic esters (lactones) is 1. The molecule has 0 saturated carbocycles. The Morgan fingerprint density at radius 3 is 2.63 bits per heavy atom. The van der Waals surface area contributed by atoms with Gasteiger partial charge in [0.1, 0.15) is 11.9 Å². The third-order valence-electron chi connectivity index (χ3n) is 5.41. The van der Waals surface area contributed by atoms with Gasteiger partial charge in [-0.2, -0.15) is 0 Å². The van der Waals surface area contributed by atoms with Crippen molar-refractivity contribution < 1.29 is 24.1 Å². The van der Waals surface area contributed by atoms with Crippen molar-refractivity contribution in [3.8, 4) is 0 Å². The smallest absolute Gasteiger partial charge is 0.309 e. The number of benzene rings is 1. The molecule has 27 heavy (non-hydrogen) atoms. The molecule has 1 fully saturated rings. The minimum Gasteiger partial charge on any atom is -0.458 e. The first-order valence-corrected chi connectivity index (χ1v) is 9.39. The van der Waals surface area contributed by atoms with E-state index in [1.54, 1.807) is 19.1 Å². The fourth-order valence-corrected chi connectivity index (χ4v) is 4.09. The minimum absolute atomic E-state index is 0.0326. The van der Waals surface area contributed by atoms with Crippen LogP contribution in [0.25, 0.3) is 5.57 Å². The number of aliphatic hydroxyl groups excluding tert-OH is 2. The molecule has 4 nitrogen and oxygen atoms in total. The summed E-state index contributed by atoms with van der Waals surface area (Å²) in [5.74, 6) is -0.653. The first-order chi connectivity index (χ1) is 12.7. The first kappa shape index (κ1) is 19.8. The molecule has 1 aromatic rings. The molecule has 0 aromatic heterocycles.